The predicted octanol–water partition coefficient (Wildman–Crippen LogP) is 0.378. The standard InChI is InChI=1S/C17H27N5O2/c1-12-11-15(23)19-16(18-12)13(2)21-7-9-22(10-8-21)17(24)14-5-4-6-20(14)3/h11,13-14H,4-10H2,1-3H3,(H,18,19,23)/t13-,14-/m0/s1. The number of H-pyrrole nitrogens is 1. The van der Waals surface area contributed by atoms with Crippen LogP contribution in [0.1, 0.15) is 37.3 Å². The SMILES string of the molecule is Cc1cc(=O)[nH]c([C@H](C)N2CCN(C(=O)[C@@H]3CCCN3C)CC2)n1. The highest BCUT2D eigenvalue weighted by Gasteiger charge is 2.33. The lowest BCUT2D eigenvalue weighted by Crippen LogP contribution is -2.53. The van der Waals surface area contributed by atoms with Gasteiger partial charge in [0.2, 0.25) is 5.91 Å². The summed E-state index contributed by atoms with van der Waals surface area (Å²) < 4.78 is 0. The molecule has 0 radical (unpaired) electrons. The maximum atomic E-state index is 12.7. The smallest absolute Gasteiger partial charge is 0.251 e. The van der Waals surface area contributed by atoms with Crippen LogP contribution in [-0.2, 0) is 4.79 Å². The highest BCUT2D eigenvalue weighted by atomic mass is 16.2. The van der Waals surface area contributed by atoms with Crippen molar-refractivity contribution in [3.8, 4) is 0 Å². The largest absolute Gasteiger partial charge is 0.339 e. The highest BCUT2D eigenvalue weighted by Crippen LogP contribution is 2.21. The Balaban J connectivity index is 1.60. The number of likely N-dealkylation sites (tertiary alicyclic amines) is 1. The van der Waals surface area contributed by atoms with E-state index in [1.807, 2.05) is 18.9 Å². The third kappa shape index (κ3) is 3.52. The van der Waals surface area contributed by atoms with E-state index >= 15 is 0 Å². The number of nitrogens with zero attached hydrogens (tertiary/aromatic N) is 4. The van der Waals surface area contributed by atoms with Crippen molar-refractivity contribution in [2.45, 2.75) is 38.8 Å². The molecule has 2 fully saturated rings. The Morgan fingerprint density at radius 3 is 2.58 bits per heavy atom. The lowest BCUT2D eigenvalue weighted by Gasteiger charge is -2.39. The van der Waals surface area contributed by atoms with Crippen molar-refractivity contribution in [3.63, 3.8) is 0 Å². The number of aryl methyl sites for hydroxylation is 1. The van der Waals surface area contributed by atoms with Crippen LogP contribution in [0.4, 0.5) is 0 Å². The summed E-state index contributed by atoms with van der Waals surface area (Å²) in [7, 11) is 2.04. The molecule has 0 saturated carbocycles. The van der Waals surface area contributed by atoms with Gasteiger partial charge in [0.15, 0.2) is 0 Å². The molecule has 2 aliphatic rings. The summed E-state index contributed by atoms with van der Waals surface area (Å²) in [6, 6.07) is 1.61. The summed E-state index contributed by atoms with van der Waals surface area (Å²) in [4.78, 5) is 38.0. The first-order valence-corrected chi connectivity index (χ1v) is 8.76. The maximum absolute atomic E-state index is 12.7. The predicted molar refractivity (Wildman–Crippen MR) is 91.8 cm³/mol. The summed E-state index contributed by atoms with van der Waals surface area (Å²) in [5.74, 6) is 0.972. The Hall–Kier alpha value is -1.73. The molecule has 7 nitrogen and oxygen atoms in total. The number of likely N-dealkylation sites (N-methyl/N-ethyl adjacent to an activating group) is 1. The number of nitrogens with one attached hydrogen (secondary N) is 1. The molecule has 0 aromatic carbocycles. The number of hydrogen-bond acceptors (Lipinski definition) is 5. The van der Waals surface area contributed by atoms with Gasteiger partial charge in [-0.15, -0.1) is 0 Å². The molecule has 1 aromatic heterocycles. The van der Waals surface area contributed by atoms with Crippen LogP contribution >= 0.6 is 0 Å². The van der Waals surface area contributed by atoms with Crippen molar-refractivity contribution in [3.05, 3.63) is 27.9 Å². The first-order chi connectivity index (χ1) is 11.5. The first-order valence-electron chi connectivity index (χ1n) is 8.76. The van der Waals surface area contributed by atoms with Crippen LogP contribution in [0.25, 0.3) is 0 Å². The third-order valence-corrected chi connectivity index (χ3v) is 5.26. The second kappa shape index (κ2) is 7.03. The Labute approximate surface area is 142 Å². The fourth-order valence-corrected chi connectivity index (χ4v) is 3.74. The van der Waals surface area contributed by atoms with Gasteiger partial charge in [-0.1, -0.05) is 0 Å². The van der Waals surface area contributed by atoms with Gasteiger partial charge in [-0.05, 0) is 40.3 Å². The Morgan fingerprint density at radius 1 is 1.29 bits per heavy atom. The number of piperazine rings is 1. The third-order valence-electron chi connectivity index (χ3n) is 5.26. The molecule has 3 heterocycles. The van der Waals surface area contributed by atoms with Gasteiger partial charge in [0.1, 0.15) is 5.82 Å². The van der Waals surface area contributed by atoms with Crippen molar-refractivity contribution < 1.29 is 4.79 Å². The van der Waals surface area contributed by atoms with E-state index in [0.29, 0.717) is 5.82 Å². The van der Waals surface area contributed by atoms with Gasteiger partial charge in [-0.2, -0.15) is 0 Å². The van der Waals surface area contributed by atoms with Crippen molar-refractivity contribution in [1.82, 2.24) is 24.7 Å². The van der Waals surface area contributed by atoms with Gasteiger partial charge in [0.25, 0.3) is 5.56 Å². The summed E-state index contributed by atoms with van der Waals surface area (Å²) in [6.45, 7) is 8.00. The van der Waals surface area contributed by atoms with Gasteiger partial charge in [-0.25, -0.2) is 4.98 Å². The molecule has 2 atom stereocenters. The fourth-order valence-electron chi connectivity index (χ4n) is 3.74. The molecular weight excluding hydrogens is 306 g/mol. The van der Waals surface area contributed by atoms with Crippen LogP contribution in [-0.4, -0.2) is 76.4 Å². The van der Waals surface area contributed by atoms with E-state index in [1.54, 1.807) is 0 Å². The molecule has 3 rings (SSSR count). The zero-order valence-electron chi connectivity index (χ0n) is 14.8. The second-order valence-corrected chi connectivity index (χ2v) is 6.95. The molecule has 2 saturated heterocycles. The molecule has 0 spiro atoms. The Kier molecular flexibility index (Phi) is 5.01. The molecule has 0 bridgehead atoms. The number of aromatic amines is 1. The van der Waals surface area contributed by atoms with E-state index in [-0.39, 0.29) is 23.6 Å². The average molecular weight is 333 g/mol. The molecule has 0 aliphatic carbocycles. The lowest BCUT2D eigenvalue weighted by molar-refractivity contribution is -0.137. The normalized spacial score (nSPS) is 24.3. The molecule has 2 aliphatic heterocycles. The van der Waals surface area contributed by atoms with Crippen LogP contribution < -0.4 is 5.56 Å². The van der Waals surface area contributed by atoms with E-state index in [4.69, 9.17) is 0 Å². The van der Waals surface area contributed by atoms with Crippen LogP contribution in [0.3, 0.4) is 0 Å². The highest BCUT2D eigenvalue weighted by molar-refractivity contribution is 5.82. The Bertz CT molecular complexity index is 651. The monoisotopic (exact) mass is 333 g/mol. The molecule has 7 heteroatoms. The summed E-state index contributed by atoms with van der Waals surface area (Å²) >= 11 is 0. The zero-order valence-corrected chi connectivity index (χ0v) is 14.8. The number of carbonyl (C=O) groups excluding carboxylic acids is 1. The molecule has 1 aromatic rings. The van der Waals surface area contributed by atoms with Gasteiger partial charge in [-0.3, -0.25) is 19.4 Å². The van der Waals surface area contributed by atoms with E-state index in [9.17, 15) is 9.59 Å². The van der Waals surface area contributed by atoms with E-state index in [0.717, 1.165) is 51.3 Å². The minimum atomic E-state index is -0.109. The molecule has 24 heavy (non-hydrogen) atoms. The first kappa shape index (κ1) is 17.1. The number of aromatic nitrogens is 2. The van der Waals surface area contributed by atoms with Crippen molar-refractivity contribution >= 4 is 5.91 Å². The molecule has 1 amide bonds. The van der Waals surface area contributed by atoms with E-state index in [2.05, 4.69) is 26.7 Å². The van der Waals surface area contributed by atoms with Gasteiger partial charge >= 0.3 is 0 Å². The number of amides is 1. The van der Waals surface area contributed by atoms with Crippen LogP contribution in [0.2, 0.25) is 0 Å². The van der Waals surface area contributed by atoms with E-state index in [1.165, 1.54) is 6.07 Å². The average Bonchev–Trinajstić information content (AvgIpc) is 2.99. The number of rotatable bonds is 3. The number of hydrogen-bond donors (Lipinski definition) is 1. The maximum Gasteiger partial charge on any atom is 0.251 e. The van der Waals surface area contributed by atoms with Crippen LogP contribution in [0.5, 0.6) is 0 Å². The summed E-state index contributed by atoms with van der Waals surface area (Å²) in [5.41, 5.74) is 0.626. The van der Waals surface area contributed by atoms with Crippen molar-refractivity contribution in [2.24, 2.45) is 0 Å². The van der Waals surface area contributed by atoms with Gasteiger partial charge < -0.3 is 9.88 Å². The molecule has 132 valence electrons. The zero-order chi connectivity index (χ0) is 17.3. The molecule has 0 unspecified atom stereocenters. The molecule has 1 N–H and O–H groups in total. The summed E-state index contributed by atoms with van der Waals surface area (Å²) in [5, 5.41) is 0. The quantitative estimate of drug-likeness (QED) is 0.866. The van der Waals surface area contributed by atoms with Gasteiger partial charge in [0, 0.05) is 37.9 Å². The van der Waals surface area contributed by atoms with E-state index < -0.39 is 0 Å². The van der Waals surface area contributed by atoms with Crippen LogP contribution in [0.15, 0.2) is 10.9 Å². The minimum absolute atomic E-state index is 0.0454. The summed E-state index contributed by atoms with van der Waals surface area (Å²) in [6.07, 6.45) is 2.08. The number of carbonyl (C=O) groups is 1. The molecular formula is C17H27N5O2. The van der Waals surface area contributed by atoms with Crippen LogP contribution in [0, 0.1) is 6.92 Å². The topological polar surface area (TPSA) is 72.5 Å². The van der Waals surface area contributed by atoms with Gasteiger partial charge in [0.05, 0.1) is 12.1 Å². The van der Waals surface area contributed by atoms with Crippen molar-refractivity contribution in [1.29, 1.82) is 0 Å². The lowest BCUT2D eigenvalue weighted by atomic mass is 10.1. The van der Waals surface area contributed by atoms with Crippen molar-refractivity contribution in [2.75, 3.05) is 39.8 Å². The Morgan fingerprint density at radius 2 is 2.00 bits per heavy atom. The second-order valence-electron chi connectivity index (χ2n) is 6.95. The fraction of sp³-hybridized carbons (Fsp3) is 0.706. The minimum Gasteiger partial charge on any atom is -0.339 e.